The first-order valence-corrected chi connectivity index (χ1v) is 11.1. The summed E-state index contributed by atoms with van der Waals surface area (Å²) >= 11 is 3.19. The molecule has 0 aromatic carbocycles. The van der Waals surface area contributed by atoms with Gasteiger partial charge in [0.05, 0.1) is 12.2 Å². The highest BCUT2D eigenvalue weighted by atomic mass is 32.1. The summed E-state index contributed by atoms with van der Waals surface area (Å²) in [6, 6.07) is 5.74. The SMILES string of the molecule is O=C(CN1CCN(Cc2cc(=O)n3ccsc3n2)CC1)NCCc1cccs1. The van der Waals surface area contributed by atoms with Crippen LogP contribution >= 0.6 is 22.7 Å². The Morgan fingerprint density at radius 2 is 1.96 bits per heavy atom. The van der Waals surface area contributed by atoms with Crippen LogP contribution in [0.2, 0.25) is 0 Å². The zero-order valence-corrected chi connectivity index (χ0v) is 17.2. The summed E-state index contributed by atoms with van der Waals surface area (Å²) in [7, 11) is 0. The Kier molecular flexibility index (Phi) is 6.16. The Morgan fingerprint density at radius 3 is 2.75 bits per heavy atom. The fourth-order valence-electron chi connectivity index (χ4n) is 3.34. The standard InChI is InChI=1S/C19H23N5O2S2/c25-17(20-4-3-16-2-1-10-27-16)14-23-7-5-22(6-8-23)13-15-12-18(26)24-9-11-28-19(24)21-15/h1-2,9-12H,3-8,13-14H2,(H,20,25). The third-order valence-electron chi connectivity index (χ3n) is 4.85. The molecule has 1 N–H and O–H groups in total. The van der Waals surface area contributed by atoms with E-state index in [1.165, 1.54) is 16.2 Å². The van der Waals surface area contributed by atoms with Gasteiger partial charge in [-0.2, -0.15) is 0 Å². The number of hydrogen-bond acceptors (Lipinski definition) is 7. The van der Waals surface area contributed by atoms with Gasteiger partial charge in [0.1, 0.15) is 0 Å². The highest BCUT2D eigenvalue weighted by Gasteiger charge is 2.19. The zero-order valence-electron chi connectivity index (χ0n) is 15.5. The van der Waals surface area contributed by atoms with Crippen molar-refractivity contribution in [3.8, 4) is 0 Å². The minimum atomic E-state index is -0.0286. The molecule has 9 heteroatoms. The van der Waals surface area contributed by atoms with Crippen LogP contribution in [0.4, 0.5) is 0 Å². The van der Waals surface area contributed by atoms with Crippen molar-refractivity contribution in [1.29, 1.82) is 0 Å². The van der Waals surface area contributed by atoms with Gasteiger partial charge in [0, 0.05) is 61.8 Å². The van der Waals surface area contributed by atoms with Crippen molar-refractivity contribution in [3.05, 3.63) is 56.1 Å². The quantitative estimate of drug-likeness (QED) is 0.627. The predicted octanol–water partition coefficient (Wildman–Crippen LogP) is 1.29. The number of carbonyl (C=O) groups excluding carboxylic acids is 1. The van der Waals surface area contributed by atoms with Crippen molar-refractivity contribution in [2.24, 2.45) is 0 Å². The van der Waals surface area contributed by atoms with E-state index >= 15 is 0 Å². The summed E-state index contributed by atoms with van der Waals surface area (Å²) in [4.78, 5) is 35.3. The summed E-state index contributed by atoms with van der Waals surface area (Å²) < 4.78 is 1.57. The fourth-order valence-corrected chi connectivity index (χ4v) is 4.79. The van der Waals surface area contributed by atoms with Gasteiger partial charge in [-0.3, -0.25) is 23.8 Å². The number of aromatic nitrogens is 2. The van der Waals surface area contributed by atoms with Gasteiger partial charge < -0.3 is 5.32 Å². The van der Waals surface area contributed by atoms with Gasteiger partial charge in [-0.1, -0.05) is 6.07 Å². The molecule has 0 aliphatic carbocycles. The molecule has 0 radical (unpaired) electrons. The number of amides is 1. The zero-order chi connectivity index (χ0) is 19.3. The highest BCUT2D eigenvalue weighted by Crippen LogP contribution is 2.10. The van der Waals surface area contributed by atoms with Crippen LogP contribution in [0.1, 0.15) is 10.6 Å². The molecule has 4 heterocycles. The number of fused-ring (bicyclic) bond motifs is 1. The van der Waals surface area contributed by atoms with Crippen LogP contribution in [0, 0.1) is 0 Å². The van der Waals surface area contributed by atoms with Gasteiger partial charge in [-0.25, -0.2) is 4.98 Å². The predicted molar refractivity (Wildman–Crippen MR) is 112 cm³/mol. The Labute approximate surface area is 171 Å². The molecule has 1 saturated heterocycles. The molecule has 0 spiro atoms. The lowest BCUT2D eigenvalue weighted by Crippen LogP contribution is -2.49. The number of nitrogens with one attached hydrogen (secondary N) is 1. The molecule has 0 bridgehead atoms. The van der Waals surface area contributed by atoms with Gasteiger partial charge in [0.25, 0.3) is 5.56 Å². The number of hydrogen-bond donors (Lipinski definition) is 1. The third-order valence-corrected chi connectivity index (χ3v) is 6.54. The van der Waals surface area contributed by atoms with Crippen LogP contribution in [0.5, 0.6) is 0 Å². The molecule has 1 aliphatic rings. The van der Waals surface area contributed by atoms with Gasteiger partial charge in [0.15, 0.2) is 4.96 Å². The third kappa shape index (κ3) is 4.85. The molecule has 1 aliphatic heterocycles. The minimum absolute atomic E-state index is 0.0286. The second kappa shape index (κ2) is 8.95. The number of rotatable bonds is 7. The van der Waals surface area contributed by atoms with Crippen LogP contribution in [0.15, 0.2) is 40.0 Å². The Morgan fingerprint density at radius 1 is 1.14 bits per heavy atom. The van der Waals surface area contributed by atoms with Crippen LogP contribution in [-0.4, -0.2) is 64.4 Å². The molecule has 4 rings (SSSR count). The van der Waals surface area contributed by atoms with Gasteiger partial charge >= 0.3 is 0 Å². The van der Waals surface area contributed by atoms with E-state index in [9.17, 15) is 9.59 Å². The van der Waals surface area contributed by atoms with Crippen molar-refractivity contribution < 1.29 is 4.79 Å². The fraction of sp³-hybridized carbons (Fsp3) is 0.421. The molecule has 0 atom stereocenters. The van der Waals surface area contributed by atoms with Gasteiger partial charge in [-0.15, -0.1) is 22.7 Å². The smallest absolute Gasteiger partial charge is 0.258 e. The van der Waals surface area contributed by atoms with Crippen LogP contribution in [0.25, 0.3) is 4.96 Å². The maximum Gasteiger partial charge on any atom is 0.258 e. The van der Waals surface area contributed by atoms with E-state index in [1.807, 2.05) is 11.4 Å². The monoisotopic (exact) mass is 417 g/mol. The first kappa shape index (κ1) is 19.3. The summed E-state index contributed by atoms with van der Waals surface area (Å²) in [6.45, 7) is 5.23. The summed E-state index contributed by atoms with van der Waals surface area (Å²) in [5.41, 5.74) is 0.784. The molecule has 1 amide bonds. The molecular formula is C19H23N5O2S2. The van der Waals surface area contributed by atoms with Gasteiger partial charge in [0.2, 0.25) is 5.91 Å². The second-order valence-corrected chi connectivity index (χ2v) is 8.78. The first-order valence-electron chi connectivity index (χ1n) is 9.37. The topological polar surface area (TPSA) is 70.0 Å². The van der Waals surface area contributed by atoms with E-state index < -0.39 is 0 Å². The normalized spacial score (nSPS) is 15.9. The number of thiazole rings is 1. The van der Waals surface area contributed by atoms with E-state index in [4.69, 9.17) is 0 Å². The van der Waals surface area contributed by atoms with E-state index in [0.29, 0.717) is 19.6 Å². The molecule has 28 heavy (non-hydrogen) atoms. The molecule has 3 aromatic heterocycles. The Bertz CT molecular complexity index is 974. The summed E-state index contributed by atoms with van der Waals surface area (Å²) in [5, 5.41) is 6.94. The van der Waals surface area contributed by atoms with E-state index in [-0.39, 0.29) is 11.5 Å². The lowest BCUT2D eigenvalue weighted by atomic mass is 10.2. The molecule has 3 aromatic rings. The molecule has 148 valence electrons. The lowest BCUT2D eigenvalue weighted by molar-refractivity contribution is -0.122. The molecule has 0 saturated carbocycles. The average molecular weight is 418 g/mol. The number of carbonyl (C=O) groups is 1. The van der Waals surface area contributed by atoms with Crippen molar-refractivity contribution in [2.45, 2.75) is 13.0 Å². The summed E-state index contributed by atoms with van der Waals surface area (Å²) in [5.74, 6) is 0.0860. The number of nitrogens with zero attached hydrogens (tertiary/aromatic N) is 4. The molecular weight excluding hydrogens is 394 g/mol. The minimum Gasteiger partial charge on any atom is -0.355 e. The number of piperazine rings is 1. The van der Waals surface area contributed by atoms with Crippen molar-refractivity contribution >= 4 is 33.5 Å². The average Bonchev–Trinajstić information content (AvgIpc) is 3.35. The van der Waals surface area contributed by atoms with Crippen LogP contribution in [-0.2, 0) is 17.8 Å². The molecule has 0 unspecified atom stereocenters. The molecule has 1 fully saturated rings. The largest absolute Gasteiger partial charge is 0.355 e. The highest BCUT2D eigenvalue weighted by molar-refractivity contribution is 7.15. The number of thiophene rings is 1. The Balaban J connectivity index is 1.20. The summed E-state index contributed by atoms with van der Waals surface area (Å²) in [6.07, 6.45) is 2.64. The van der Waals surface area contributed by atoms with Gasteiger partial charge in [-0.05, 0) is 17.9 Å². The van der Waals surface area contributed by atoms with E-state index in [0.717, 1.165) is 43.3 Å². The van der Waals surface area contributed by atoms with E-state index in [1.54, 1.807) is 28.0 Å². The molecule has 7 nitrogen and oxygen atoms in total. The Hall–Kier alpha value is -2.07. The van der Waals surface area contributed by atoms with Crippen molar-refractivity contribution in [2.75, 3.05) is 39.3 Å². The first-order chi connectivity index (χ1) is 13.7. The van der Waals surface area contributed by atoms with Crippen molar-refractivity contribution in [3.63, 3.8) is 0 Å². The van der Waals surface area contributed by atoms with Crippen molar-refractivity contribution in [1.82, 2.24) is 24.5 Å². The second-order valence-electron chi connectivity index (χ2n) is 6.87. The lowest BCUT2D eigenvalue weighted by Gasteiger charge is -2.34. The van der Waals surface area contributed by atoms with E-state index in [2.05, 4.69) is 31.5 Å². The van der Waals surface area contributed by atoms with Crippen LogP contribution < -0.4 is 10.9 Å². The maximum absolute atomic E-state index is 12.1. The maximum atomic E-state index is 12.1. The van der Waals surface area contributed by atoms with Crippen LogP contribution in [0.3, 0.4) is 0 Å².